The van der Waals surface area contributed by atoms with Gasteiger partial charge in [0.1, 0.15) is 23.1 Å². The first-order valence-electron chi connectivity index (χ1n) is 6.99. The molecule has 0 N–H and O–H groups in total. The third-order valence-corrected chi connectivity index (χ3v) is 3.68. The molecule has 0 saturated carbocycles. The van der Waals surface area contributed by atoms with Crippen molar-refractivity contribution in [3.05, 3.63) is 63.6 Å². The lowest BCUT2D eigenvalue weighted by Crippen LogP contribution is -2.05. The number of alkyl halides is 2. The van der Waals surface area contributed by atoms with Crippen molar-refractivity contribution in [1.82, 2.24) is 0 Å². The van der Waals surface area contributed by atoms with Crippen LogP contribution < -0.4 is 9.47 Å². The minimum absolute atomic E-state index is 0.135. The number of ether oxygens (including phenoxy) is 2. The Morgan fingerprint density at radius 2 is 2.04 bits per heavy atom. The molecule has 0 unspecified atom stereocenters. The van der Waals surface area contributed by atoms with Crippen molar-refractivity contribution in [1.29, 1.82) is 5.26 Å². The number of nitriles is 1. The third kappa shape index (κ3) is 4.88. The first-order chi connectivity index (χ1) is 11.9. The van der Waals surface area contributed by atoms with Crippen molar-refractivity contribution in [2.24, 2.45) is 0 Å². The smallest absolute Gasteiger partial charge is 0.387 e. The summed E-state index contributed by atoms with van der Waals surface area (Å²) >= 11 is 3.22. The molecule has 2 rings (SSSR count). The number of benzene rings is 2. The summed E-state index contributed by atoms with van der Waals surface area (Å²) in [5.41, 5.74) is 0.214. The maximum absolute atomic E-state index is 12.5. The minimum Gasteiger partial charge on any atom is -0.497 e. The molecule has 2 aromatic rings. The Hall–Kier alpha value is -2.72. The van der Waals surface area contributed by atoms with E-state index >= 15 is 0 Å². The maximum Gasteiger partial charge on any atom is 0.387 e. The number of hydrogen-bond acceptors (Lipinski definition) is 4. The summed E-state index contributed by atoms with van der Waals surface area (Å²) in [6.45, 7) is -3.02. The van der Waals surface area contributed by atoms with Gasteiger partial charge in [-0.3, -0.25) is 4.79 Å². The van der Waals surface area contributed by atoms with Gasteiger partial charge < -0.3 is 9.47 Å². The predicted molar refractivity (Wildman–Crippen MR) is 91.7 cm³/mol. The molecule has 2 aromatic carbocycles. The van der Waals surface area contributed by atoms with Crippen LogP contribution in [0.15, 0.2) is 52.5 Å². The first kappa shape index (κ1) is 18.6. The van der Waals surface area contributed by atoms with Crippen molar-refractivity contribution in [2.45, 2.75) is 6.61 Å². The fourth-order valence-corrected chi connectivity index (χ4v) is 2.44. The van der Waals surface area contributed by atoms with Gasteiger partial charge in [-0.25, -0.2) is 0 Å². The van der Waals surface area contributed by atoms with Gasteiger partial charge in [0.05, 0.1) is 7.11 Å². The molecule has 0 aliphatic heterocycles. The molecule has 25 heavy (non-hydrogen) atoms. The van der Waals surface area contributed by atoms with Gasteiger partial charge in [0.25, 0.3) is 0 Å². The van der Waals surface area contributed by atoms with Crippen LogP contribution in [0.2, 0.25) is 0 Å². The van der Waals surface area contributed by atoms with E-state index in [-0.39, 0.29) is 22.4 Å². The van der Waals surface area contributed by atoms with Gasteiger partial charge in [-0.2, -0.15) is 14.0 Å². The molecular formula is C18H12BrF2NO3. The number of hydrogen-bond donors (Lipinski definition) is 0. The van der Waals surface area contributed by atoms with Gasteiger partial charge >= 0.3 is 6.61 Å². The Kier molecular flexibility index (Phi) is 6.25. The molecule has 0 radical (unpaired) electrons. The number of rotatable bonds is 6. The minimum atomic E-state index is -3.02. The fourth-order valence-electron chi connectivity index (χ4n) is 2.06. The monoisotopic (exact) mass is 407 g/mol. The quantitative estimate of drug-likeness (QED) is 0.390. The highest BCUT2D eigenvalue weighted by Crippen LogP contribution is 2.28. The van der Waals surface area contributed by atoms with E-state index in [1.807, 2.05) is 0 Å². The fraction of sp³-hybridized carbons (Fsp3) is 0.111. The largest absolute Gasteiger partial charge is 0.497 e. The zero-order valence-electron chi connectivity index (χ0n) is 13.0. The number of carbonyl (C=O) groups is 1. The van der Waals surface area contributed by atoms with Crippen LogP contribution in [0.25, 0.3) is 6.08 Å². The zero-order chi connectivity index (χ0) is 18.4. The van der Waals surface area contributed by atoms with Crippen LogP contribution >= 0.6 is 15.9 Å². The molecule has 0 atom stereocenters. The van der Waals surface area contributed by atoms with Crippen molar-refractivity contribution in [3.8, 4) is 17.6 Å². The molecule has 0 bridgehead atoms. The lowest BCUT2D eigenvalue weighted by atomic mass is 10.0. The summed E-state index contributed by atoms with van der Waals surface area (Å²) in [6.07, 6.45) is 1.21. The number of methoxy groups -OCH3 is 1. The van der Waals surface area contributed by atoms with E-state index in [2.05, 4.69) is 20.7 Å². The maximum atomic E-state index is 12.5. The van der Waals surface area contributed by atoms with E-state index in [1.54, 1.807) is 18.2 Å². The molecule has 0 aliphatic rings. The van der Waals surface area contributed by atoms with E-state index in [0.717, 1.165) is 0 Å². The SMILES string of the molecule is COc1cccc(C(=O)/C(C#N)=C/c2cc(Br)ccc2OC(F)F)c1. The van der Waals surface area contributed by atoms with Crippen molar-refractivity contribution in [2.75, 3.05) is 7.11 Å². The predicted octanol–water partition coefficient (Wildman–Crippen LogP) is 4.85. The molecule has 4 nitrogen and oxygen atoms in total. The van der Waals surface area contributed by atoms with Crippen LogP contribution in [0.3, 0.4) is 0 Å². The van der Waals surface area contributed by atoms with Crippen LogP contribution in [0.5, 0.6) is 11.5 Å². The van der Waals surface area contributed by atoms with Crippen LogP contribution in [-0.2, 0) is 0 Å². The summed E-state index contributed by atoms with van der Waals surface area (Å²) in [4.78, 5) is 12.5. The molecular weight excluding hydrogens is 396 g/mol. The number of carbonyl (C=O) groups excluding carboxylic acids is 1. The number of allylic oxidation sites excluding steroid dienone is 1. The van der Waals surface area contributed by atoms with E-state index in [9.17, 15) is 18.8 Å². The summed E-state index contributed by atoms with van der Waals surface area (Å²) in [7, 11) is 1.46. The lowest BCUT2D eigenvalue weighted by Gasteiger charge is -2.09. The molecule has 0 saturated heterocycles. The molecule has 0 heterocycles. The average Bonchev–Trinajstić information content (AvgIpc) is 2.60. The van der Waals surface area contributed by atoms with Gasteiger partial charge in [0.2, 0.25) is 5.78 Å². The van der Waals surface area contributed by atoms with Crippen molar-refractivity contribution < 1.29 is 23.0 Å². The van der Waals surface area contributed by atoms with Gasteiger partial charge in [-0.1, -0.05) is 28.1 Å². The Bertz CT molecular complexity index is 860. The molecule has 0 fully saturated rings. The number of ketones is 1. The molecule has 128 valence electrons. The van der Waals surface area contributed by atoms with E-state index < -0.39 is 12.4 Å². The second kappa shape index (κ2) is 8.40. The highest BCUT2D eigenvalue weighted by molar-refractivity contribution is 9.10. The third-order valence-electron chi connectivity index (χ3n) is 3.18. The summed E-state index contributed by atoms with van der Waals surface area (Å²) in [5, 5.41) is 9.32. The van der Waals surface area contributed by atoms with Crippen LogP contribution in [0.4, 0.5) is 8.78 Å². The number of nitrogens with zero attached hydrogens (tertiary/aromatic N) is 1. The second-order valence-corrected chi connectivity index (χ2v) is 5.71. The van der Waals surface area contributed by atoms with Crippen LogP contribution in [0, 0.1) is 11.3 Å². The molecule has 7 heteroatoms. The Morgan fingerprint density at radius 3 is 2.68 bits per heavy atom. The van der Waals surface area contributed by atoms with E-state index in [4.69, 9.17) is 4.74 Å². The zero-order valence-corrected chi connectivity index (χ0v) is 14.6. The topological polar surface area (TPSA) is 59.3 Å². The van der Waals surface area contributed by atoms with Gasteiger partial charge in [0.15, 0.2) is 0 Å². The van der Waals surface area contributed by atoms with Gasteiger partial charge in [0, 0.05) is 15.6 Å². The van der Waals surface area contributed by atoms with Gasteiger partial charge in [-0.05, 0) is 36.4 Å². The number of halogens is 3. The lowest BCUT2D eigenvalue weighted by molar-refractivity contribution is -0.0499. The molecule has 0 spiro atoms. The van der Waals surface area contributed by atoms with Gasteiger partial charge in [-0.15, -0.1) is 0 Å². The van der Waals surface area contributed by atoms with E-state index in [1.165, 1.54) is 43.5 Å². The van der Waals surface area contributed by atoms with Crippen LogP contribution in [-0.4, -0.2) is 19.5 Å². The van der Waals surface area contributed by atoms with E-state index in [0.29, 0.717) is 10.2 Å². The number of Topliss-reactive ketones (excluding diaryl/α,β-unsaturated/α-hetero) is 1. The Morgan fingerprint density at radius 1 is 1.28 bits per heavy atom. The summed E-state index contributed by atoms with van der Waals surface area (Å²) < 4.78 is 35.1. The average molecular weight is 408 g/mol. The first-order valence-corrected chi connectivity index (χ1v) is 7.79. The second-order valence-electron chi connectivity index (χ2n) is 4.79. The molecule has 0 aromatic heterocycles. The Labute approximate surface area is 151 Å². The summed E-state index contributed by atoms with van der Waals surface area (Å²) in [5.74, 6) is -0.221. The van der Waals surface area contributed by atoms with Crippen LogP contribution in [0.1, 0.15) is 15.9 Å². The molecule has 0 aliphatic carbocycles. The normalized spacial score (nSPS) is 11.1. The molecule has 0 amide bonds. The Balaban J connectivity index is 2.45. The highest BCUT2D eigenvalue weighted by Gasteiger charge is 2.15. The summed E-state index contributed by atoms with van der Waals surface area (Å²) in [6, 6.07) is 12.4. The highest BCUT2D eigenvalue weighted by atomic mass is 79.9. The standard InChI is InChI=1S/C18H12BrF2NO3/c1-24-15-4-2-3-11(9-15)17(23)13(10-22)7-12-8-14(19)5-6-16(12)25-18(20)21/h2-9,18H,1H3/b13-7+. The van der Waals surface area contributed by atoms with Crippen molar-refractivity contribution in [3.63, 3.8) is 0 Å². The van der Waals surface area contributed by atoms with Crippen molar-refractivity contribution >= 4 is 27.8 Å².